The van der Waals surface area contributed by atoms with Gasteiger partial charge in [0.05, 0.1) is 0 Å². The summed E-state index contributed by atoms with van der Waals surface area (Å²) < 4.78 is 16.6. The Labute approximate surface area is 358 Å². The molecule has 6 heteroatoms. The normalized spacial score (nSPS) is 12.5. The summed E-state index contributed by atoms with van der Waals surface area (Å²) in [5.74, 6) is -0.994. The minimum absolute atomic E-state index is 0.103. The third kappa shape index (κ3) is 44.2. The zero-order chi connectivity index (χ0) is 42.3. The molecular weight excluding hydrogens is 721 g/mol. The second-order valence-electron chi connectivity index (χ2n) is 16.1. The SMILES string of the molecule is CCCCCCC\C=C/C=C\C=C/CCCCCCCC(=O)OCC(COC(=O)CCCCCCCCCCC)OC(=O)CC/C=C\C/C=C\CCCCCCCC. The van der Waals surface area contributed by atoms with E-state index < -0.39 is 6.10 Å². The molecule has 0 saturated heterocycles. The van der Waals surface area contributed by atoms with Crippen molar-refractivity contribution in [1.82, 2.24) is 0 Å². The van der Waals surface area contributed by atoms with E-state index in [1.165, 1.54) is 116 Å². The van der Waals surface area contributed by atoms with E-state index in [4.69, 9.17) is 14.2 Å². The van der Waals surface area contributed by atoms with Gasteiger partial charge in [0.25, 0.3) is 0 Å². The van der Waals surface area contributed by atoms with E-state index in [9.17, 15) is 14.4 Å². The van der Waals surface area contributed by atoms with Crippen molar-refractivity contribution in [2.45, 2.75) is 239 Å². The number of rotatable bonds is 43. The molecular formula is C52H90O6. The number of carbonyl (C=O) groups excluding carboxylic acids is 3. The van der Waals surface area contributed by atoms with Crippen molar-refractivity contribution >= 4 is 17.9 Å². The first kappa shape index (κ1) is 55.1. The highest BCUT2D eigenvalue weighted by Gasteiger charge is 2.19. The van der Waals surface area contributed by atoms with Crippen molar-refractivity contribution in [1.29, 1.82) is 0 Å². The van der Waals surface area contributed by atoms with Crippen molar-refractivity contribution in [3.05, 3.63) is 60.8 Å². The smallest absolute Gasteiger partial charge is 0.306 e. The van der Waals surface area contributed by atoms with E-state index in [1.807, 2.05) is 6.08 Å². The summed E-state index contributed by atoms with van der Waals surface area (Å²) in [6.07, 6.45) is 56.4. The van der Waals surface area contributed by atoms with Gasteiger partial charge >= 0.3 is 17.9 Å². The third-order valence-corrected chi connectivity index (χ3v) is 10.3. The van der Waals surface area contributed by atoms with Crippen LogP contribution < -0.4 is 0 Å². The van der Waals surface area contributed by atoms with Gasteiger partial charge in [0, 0.05) is 19.3 Å². The highest BCUT2D eigenvalue weighted by atomic mass is 16.6. The zero-order valence-corrected chi connectivity index (χ0v) is 38.0. The molecule has 0 amide bonds. The summed E-state index contributed by atoms with van der Waals surface area (Å²) in [7, 11) is 0. The maximum absolute atomic E-state index is 12.7. The van der Waals surface area contributed by atoms with Crippen LogP contribution in [0.15, 0.2) is 60.8 Å². The highest BCUT2D eigenvalue weighted by molar-refractivity contribution is 5.71. The van der Waals surface area contributed by atoms with Crippen molar-refractivity contribution in [2.75, 3.05) is 13.2 Å². The van der Waals surface area contributed by atoms with Crippen molar-refractivity contribution in [2.24, 2.45) is 0 Å². The quantitative estimate of drug-likeness (QED) is 0.0201. The molecule has 1 atom stereocenters. The summed E-state index contributed by atoms with van der Waals surface area (Å²) in [4.78, 5) is 37.7. The van der Waals surface area contributed by atoms with E-state index in [1.54, 1.807) is 0 Å². The molecule has 0 saturated carbocycles. The molecule has 6 nitrogen and oxygen atoms in total. The van der Waals surface area contributed by atoms with E-state index in [0.717, 1.165) is 70.6 Å². The molecule has 0 aliphatic carbocycles. The summed E-state index contributed by atoms with van der Waals surface area (Å²) in [6.45, 7) is 6.52. The van der Waals surface area contributed by atoms with Gasteiger partial charge in [-0.05, 0) is 64.2 Å². The fourth-order valence-corrected chi connectivity index (χ4v) is 6.61. The van der Waals surface area contributed by atoms with Gasteiger partial charge in [-0.3, -0.25) is 14.4 Å². The van der Waals surface area contributed by atoms with Crippen LogP contribution in [0.3, 0.4) is 0 Å². The summed E-state index contributed by atoms with van der Waals surface area (Å²) in [5, 5.41) is 0. The van der Waals surface area contributed by atoms with Gasteiger partial charge in [-0.1, -0.05) is 210 Å². The monoisotopic (exact) mass is 811 g/mol. The minimum atomic E-state index is -0.809. The van der Waals surface area contributed by atoms with Crippen molar-refractivity contribution in [3.8, 4) is 0 Å². The summed E-state index contributed by atoms with van der Waals surface area (Å²) >= 11 is 0. The van der Waals surface area contributed by atoms with Gasteiger partial charge in [0.1, 0.15) is 13.2 Å². The molecule has 0 N–H and O–H groups in total. The summed E-state index contributed by atoms with van der Waals surface area (Å²) in [6, 6.07) is 0. The molecule has 0 aliphatic rings. The molecule has 0 aromatic rings. The van der Waals surface area contributed by atoms with E-state index in [-0.39, 0.29) is 37.5 Å². The molecule has 334 valence electrons. The molecule has 0 aromatic heterocycles. The molecule has 0 radical (unpaired) electrons. The Morgan fingerprint density at radius 2 is 0.724 bits per heavy atom. The predicted molar refractivity (Wildman–Crippen MR) is 247 cm³/mol. The number of hydrogen-bond donors (Lipinski definition) is 0. The highest BCUT2D eigenvalue weighted by Crippen LogP contribution is 2.13. The number of hydrogen-bond acceptors (Lipinski definition) is 6. The largest absolute Gasteiger partial charge is 0.462 e. The Kier molecular flexibility index (Phi) is 44.5. The number of unbranched alkanes of at least 4 members (excludes halogenated alkanes) is 24. The van der Waals surface area contributed by atoms with Gasteiger partial charge in [-0.2, -0.15) is 0 Å². The Morgan fingerprint density at radius 3 is 1.16 bits per heavy atom. The fraction of sp³-hybridized carbons (Fsp3) is 0.750. The maximum atomic E-state index is 12.7. The molecule has 0 spiro atoms. The van der Waals surface area contributed by atoms with Crippen LogP contribution in [-0.4, -0.2) is 37.2 Å². The molecule has 0 aliphatic heterocycles. The molecule has 0 rings (SSSR count). The van der Waals surface area contributed by atoms with Crippen LogP contribution in [0.2, 0.25) is 0 Å². The lowest BCUT2D eigenvalue weighted by Gasteiger charge is -2.18. The lowest BCUT2D eigenvalue weighted by molar-refractivity contribution is -0.166. The number of ether oxygens (including phenoxy) is 3. The lowest BCUT2D eigenvalue weighted by Crippen LogP contribution is -2.30. The maximum Gasteiger partial charge on any atom is 0.306 e. The topological polar surface area (TPSA) is 78.9 Å². The Balaban J connectivity index is 4.43. The average molecular weight is 811 g/mol. The van der Waals surface area contributed by atoms with Crippen LogP contribution in [0.1, 0.15) is 233 Å². The molecule has 1 unspecified atom stereocenters. The lowest BCUT2D eigenvalue weighted by atomic mass is 10.1. The predicted octanol–water partition coefficient (Wildman–Crippen LogP) is 15.7. The second kappa shape index (κ2) is 46.8. The van der Waals surface area contributed by atoms with Gasteiger partial charge in [0.15, 0.2) is 6.10 Å². The Morgan fingerprint density at radius 1 is 0.362 bits per heavy atom. The molecule has 58 heavy (non-hydrogen) atoms. The van der Waals surface area contributed by atoms with Gasteiger partial charge in [0.2, 0.25) is 0 Å². The van der Waals surface area contributed by atoms with E-state index in [2.05, 4.69) is 75.5 Å². The van der Waals surface area contributed by atoms with E-state index in [0.29, 0.717) is 19.3 Å². The van der Waals surface area contributed by atoms with E-state index >= 15 is 0 Å². The van der Waals surface area contributed by atoms with Crippen LogP contribution in [0.4, 0.5) is 0 Å². The van der Waals surface area contributed by atoms with Gasteiger partial charge in [-0.25, -0.2) is 0 Å². The number of esters is 3. The number of carbonyl (C=O) groups is 3. The van der Waals surface area contributed by atoms with Crippen LogP contribution in [0.5, 0.6) is 0 Å². The first-order valence-corrected chi connectivity index (χ1v) is 24.3. The van der Waals surface area contributed by atoms with Crippen molar-refractivity contribution in [3.63, 3.8) is 0 Å². The van der Waals surface area contributed by atoms with Gasteiger partial charge in [-0.15, -0.1) is 0 Å². The summed E-state index contributed by atoms with van der Waals surface area (Å²) in [5.41, 5.74) is 0. The number of allylic oxidation sites excluding steroid dienone is 10. The Hall–Kier alpha value is -2.89. The molecule has 0 heterocycles. The standard InChI is InChI=1S/C52H90O6/c1-4-7-10-13-16-19-21-23-24-25-26-27-29-30-33-36-39-42-45-51(54)57-48-49(47-56-50(53)44-41-38-35-32-18-15-12-9-6-3)58-52(55)46-43-40-37-34-31-28-22-20-17-14-11-8-5-2/h21,23-28,31,37,40,49H,4-20,22,29-30,32-36,38-39,41-48H2,1-3H3/b23-21-,25-24-,27-26-,31-28-,40-37-. The second-order valence-corrected chi connectivity index (χ2v) is 16.1. The van der Waals surface area contributed by atoms with Crippen molar-refractivity contribution < 1.29 is 28.6 Å². The minimum Gasteiger partial charge on any atom is -0.462 e. The van der Waals surface area contributed by atoms with Crippen LogP contribution >= 0.6 is 0 Å². The fourth-order valence-electron chi connectivity index (χ4n) is 6.61. The molecule has 0 bridgehead atoms. The third-order valence-electron chi connectivity index (χ3n) is 10.3. The van der Waals surface area contributed by atoms with Crippen LogP contribution in [0, 0.1) is 0 Å². The first-order valence-electron chi connectivity index (χ1n) is 24.3. The average Bonchev–Trinajstić information content (AvgIpc) is 3.22. The Bertz CT molecular complexity index is 1070. The molecule has 0 fully saturated rings. The zero-order valence-electron chi connectivity index (χ0n) is 38.0. The van der Waals surface area contributed by atoms with Crippen LogP contribution in [-0.2, 0) is 28.6 Å². The molecule has 0 aromatic carbocycles. The first-order chi connectivity index (χ1) is 28.5. The van der Waals surface area contributed by atoms with Crippen LogP contribution in [0.25, 0.3) is 0 Å². The van der Waals surface area contributed by atoms with Gasteiger partial charge < -0.3 is 14.2 Å².